The first-order chi connectivity index (χ1) is 15.7. The molecule has 32 heavy (non-hydrogen) atoms. The Bertz CT molecular complexity index is 1360. The first kappa shape index (κ1) is 19.5. The molecule has 1 aliphatic carbocycles. The molecule has 6 rings (SSSR count). The summed E-state index contributed by atoms with van der Waals surface area (Å²) in [5.41, 5.74) is 7.40. The van der Waals surface area contributed by atoms with Crippen LogP contribution >= 0.6 is 11.6 Å². The van der Waals surface area contributed by atoms with Gasteiger partial charge in [0.2, 0.25) is 0 Å². The van der Waals surface area contributed by atoms with Crippen LogP contribution in [0.15, 0.2) is 48.5 Å². The van der Waals surface area contributed by atoms with E-state index >= 15 is 0 Å². The molecule has 1 saturated heterocycles. The Kier molecular flexibility index (Phi) is 4.69. The van der Waals surface area contributed by atoms with Gasteiger partial charge in [-0.15, -0.1) is 0 Å². The molecule has 3 heterocycles. The lowest BCUT2D eigenvalue weighted by atomic mass is 9.88. The lowest BCUT2D eigenvalue weighted by Gasteiger charge is -2.39. The van der Waals surface area contributed by atoms with Crippen molar-refractivity contribution in [1.82, 2.24) is 9.38 Å². The lowest BCUT2D eigenvalue weighted by Crippen LogP contribution is -2.47. The van der Waals surface area contributed by atoms with Gasteiger partial charge in [0.1, 0.15) is 11.9 Å². The Hall–Kier alpha value is -3.23. The number of halogens is 1. The van der Waals surface area contributed by atoms with E-state index in [2.05, 4.69) is 44.5 Å². The lowest BCUT2D eigenvalue weighted by molar-refractivity contribution is 0.629. The van der Waals surface area contributed by atoms with Crippen LogP contribution in [0.1, 0.15) is 29.5 Å². The smallest absolute Gasteiger partial charge is 0.157 e. The third-order valence-corrected chi connectivity index (χ3v) is 7.17. The molecule has 5 nitrogen and oxygen atoms in total. The van der Waals surface area contributed by atoms with E-state index in [1.165, 1.54) is 29.1 Å². The molecule has 0 N–H and O–H groups in total. The number of anilines is 2. The van der Waals surface area contributed by atoms with Gasteiger partial charge in [-0.05, 0) is 73.2 Å². The average molecular weight is 442 g/mol. The number of fused-ring (bicyclic) bond motifs is 4. The Labute approximate surface area is 192 Å². The molecule has 0 saturated carbocycles. The van der Waals surface area contributed by atoms with Crippen molar-refractivity contribution < 1.29 is 0 Å². The van der Waals surface area contributed by atoms with E-state index in [4.69, 9.17) is 16.6 Å². The highest BCUT2D eigenvalue weighted by Gasteiger charge is 2.29. The number of rotatable bonds is 2. The van der Waals surface area contributed by atoms with Gasteiger partial charge in [-0.25, -0.2) is 4.98 Å². The molecule has 0 atom stereocenters. The van der Waals surface area contributed by atoms with Gasteiger partial charge < -0.3 is 9.80 Å². The number of nitriles is 1. The maximum atomic E-state index is 10.1. The first-order valence-electron chi connectivity index (χ1n) is 11.3. The Morgan fingerprint density at radius 1 is 0.844 bits per heavy atom. The fourth-order valence-corrected chi connectivity index (χ4v) is 5.51. The highest BCUT2D eigenvalue weighted by atomic mass is 35.5. The molecule has 0 unspecified atom stereocenters. The monoisotopic (exact) mass is 441 g/mol. The van der Waals surface area contributed by atoms with Crippen LogP contribution in [0.25, 0.3) is 16.7 Å². The first-order valence-corrected chi connectivity index (χ1v) is 11.7. The van der Waals surface area contributed by atoms with Gasteiger partial charge in [0.05, 0.1) is 16.6 Å². The minimum atomic E-state index is 0.763. The molecule has 2 aromatic carbocycles. The SMILES string of the molecule is N#Cc1c2c(c(N3CCN(c4ccc(Cl)cc4)CC3)n3c1nc1ccccc13)CCCC2. The number of hydrogen-bond donors (Lipinski definition) is 0. The normalized spacial score (nSPS) is 16.4. The molecule has 1 aliphatic heterocycles. The highest BCUT2D eigenvalue weighted by molar-refractivity contribution is 6.30. The van der Waals surface area contributed by atoms with Gasteiger partial charge in [-0.3, -0.25) is 4.40 Å². The summed E-state index contributed by atoms with van der Waals surface area (Å²) in [6.45, 7) is 3.76. The van der Waals surface area contributed by atoms with Crippen LogP contribution in [-0.2, 0) is 12.8 Å². The molecule has 2 aromatic heterocycles. The summed E-state index contributed by atoms with van der Waals surface area (Å²) in [5, 5.41) is 10.8. The molecule has 0 radical (unpaired) electrons. The third-order valence-electron chi connectivity index (χ3n) is 6.92. The van der Waals surface area contributed by atoms with Crippen molar-refractivity contribution in [3.63, 3.8) is 0 Å². The van der Waals surface area contributed by atoms with Crippen LogP contribution in [0.4, 0.5) is 11.5 Å². The molecule has 160 valence electrons. The van der Waals surface area contributed by atoms with Crippen molar-refractivity contribution in [2.75, 3.05) is 36.0 Å². The van der Waals surface area contributed by atoms with Crippen molar-refractivity contribution in [2.24, 2.45) is 0 Å². The van der Waals surface area contributed by atoms with Gasteiger partial charge in [0, 0.05) is 36.9 Å². The van der Waals surface area contributed by atoms with E-state index in [9.17, 15) is 5.26 Å². The molecule has 0 amide bonds. The van der Waals surface area contributed by atoms with Crippen molar-refractivity contribution in [1.29, 1.82) is 5.26 Å². The van der Waals surface area contributed by atoms with E-state index in [1.54, 1.807) is 0 Å². The largest absolute Gasteiger partial charge is 0.368 e. The zero-order chi connectivity index (χ0) is 21.7. The minimum absolute atomic E-state index is 0.763. The third kappa shape index (κ3) is 3.02. The molecule has 2 aliphatic rings. The van der Waals surface area contributed by atoms with E-state index in [0.717, 1.165) is 72.7 Å². The maximum absolute atomic E-state index is 10.1. The molecule has 4 aromatic rings. The summed E-state index contributed by atoms with van der Waals surface area (Å²) < 4.78 is 2.26. The van der Waals surface area contributed by atoms with Crippen molar-refractivity contribution in [2.45, 2.75) is 25.7 Å². The van der Waals surface area contributed by atoms with E-state index in [0.29, 0.717) is 0 Å². The number of benzene rings is 2. The molecule has 1 fully saturated rings. The van der Waals surface area contributed by atoms with Gasteiger partial charge in [0.15, 0.2) is 5.65 Å². The van der Waals surface area contributed by atoms with Crippen LogP contribution in [-0.4, -0.2) is 35.6 Å². The van der Waals surface area contributed by atoms with Gasteiger partial charge >= 0.3 is 0 Å². The highest BCUT2D eigenvalue weighted by Crippen LogP contribution is 2.38. The Balaban J connectivity index is 1.47. The molecular formula is C26H24ClN5. The summed E-state index contributed by atoms with van der Waals surface area (Å²) >= 11 is 6.08. The fourth-order valence-electron chi connectivity index (χ4n) is 5.38. The van der Waals surface area contributed by atoms with Gasteiger partial charge in [-0.1, -0.05) is 23.7 Å². The second-order valence-electron chi connectivity index (χ2n) is 8.68. The van der Waals surface area contributed by atoms with Crippen molar-refractivity contribution >= 4 is 39.8 Å². The van der Waals surface area contributed by atoms with Crippen molar-refractivity contribution in [3.05, 3.63) is 70.2 Å². The van der Waals surface area contributed by atoms with E-state index < -0.39 is 0 Å². The topological polar surface area (TPSA) is 47.6 Å². The molecule has 6 heteroatoms. The standard InChI is InChI=1S/C26H24ClN5/c27-18-9-11-19(12-10-18)30-13-15-31(16-14-30)26-21-6-2-1-5-20(21)22(17-28)25-29-23-7-3-4-8-24(23)32(25)26/h3-4,7-12H,1-2,5-6,13-16H2. The molecular weight excluding hydrogens is 418 g/mol. The molecule has 0 bridgehead atoms. The number of piperazine rings is 1. The second-order valence-corrected chi connectivity index (χ2v) is 9.12. The summed E-state index contributed by atoms with van der Waals surface area (Å²) in [6.07, 6.45) is 4.31. The number of nitrogens with zero attached hydrogens (tertiary/aromatic N) is 5. The van der Waals surface area contributed by atoms with Gasteiger partial charge in [-0.2, -0.15) is 5.26 Å². The summed E-state index contributed by atoms with van der Waals surface area (Å²) in [5.74, 6) is 1.25. The summed E-state index contributed by atoms with van der Waals surface area (Å²) in [4.78, 5) is 9.85. The van der Waals surface area contributed by atoms with Crippen LogP contribution < -0.4 is 9.80 Å². The number of para-hydroxylation sites is 2. The quantitative estimate of drug-likeness (QED) is 0.428. The van der Waals surface area contributed by atoms with E-state index in [-0.39, 0.29) is 0 Å². The van der Waals surface area contributed by atoms with Crippen LogP contribution in [0.5, 0.6) is 0 Å². The van der Waals surface area contributed by atoms with Crippen LogP contribution in [0.3, 0.4) is 0 Å². The second kappa shape index (κ2) is 7.72. The predicted octanol–water partition coefficient (Wildman–Crippen LogP) is 5.22. The molecule has 0 spiro atoms. The number of imidazole rings is 1. The van der Waals surface area contributed by atoms with Crippen LogP contribution in [0, 0.1) is 11.3 Å². The Morgan fingerprint density at radius 3 is 2.28 bits per heavy atom. The van der Waals surface area contributed by atoms with Crippen LogP contribution in [0.2, 0.25) is 5.02 Å². The minimum Gasteiger partial charge on any atom is -0.368 e. The summed E-state index contributed by atoms with van der Waals surface area (Å²) in [6, 6.07) is 18.9. The average Bonchev–Trinajstić information content (AvgIpc) is 3.22. The fraction of sp³-hybridized carbons (Fsp3) is 0.308. The number of pyridine rings is 1. The number of hydrogen-bond acceptors (Lipinski definition) is 4. The van der Waals surface area contributed by atoms with Crippen molar-refractivity contribution in [3.8, 4) is 6.07 Å². The van der Waals surface area contributed by atoms with Gasteiger partial charge in [0.25, 0.3) is 0 Å². The van der Waals surface area contributed by atoms with E-state index in [1.807, 2.05) is 24.3 Å². The summed E-state index contributed by atoms with van der Waals surface area (Å²) in [7, 11) is 0. The predicted molar refractivity (Wildman–Crippen MR) is 130 cm³/mol. The number of aromatic nitrogens is 2. The zero-order valence-corrected chi connectivity index (χ0v) is 18.6. The Morgan fingerprint density at radius 2 is 1.53 bits per heavy atom. The zero-order valence-electron chi connectivity index (χ0n) is 17.9. The maximum Gasteiger partial charge on any atom is 0.157 e.